The molecule has 1 rings (SSSR count). The summed E-state index contributed by atoms with van der Waals surface area (Å²) in [5.41, 5.74) is 2.29. The number of aliphatic hydroxyl groups excluding tert-OH is 1. The molecule has 0 aliphatic carbocycles. The number of aliphatic hydroxyl groups is 1. The molecule has 0 heterocycles. The third kappa shape index (κ3) is 4.21. The van der Waals surface area contributed by atoms with E-state index in [2.05, 4.69) is 6.07 Å². The van der Waals surface area contributed by atoms with Crippen LogP contribution in [0.15, 0.2) is 18.2 Å². The number of rotatable bonds is 6. The minimum atomic E-state index is -0.569. The Morgan fingerprint density at radius 1 is 1.25 bits per heavy atom. The van der Waals surface area contributed by atoms with Gasteiger partial charge < -0.3 is 14.6 Å². The van der Waals surface area contributed by atoms with Crippen molar-refractivity contribution in [2.45, 2.75) is 26.9 Å². The fraction of sp³-hybridized carbons (Fsp3) is 0.538. The molecule has 0 aliphatic heterocycles. The highest BCUT2D eigenvalue weighted by Crippen LogP contribution is 2.18. The molecule has 3 heteroatoms. The van der Waals surface area contributed by atoms with Crippen molar-refractivity contribution in [1.82, 2.24) is 0 Å². The number of hydrogen-bond donors (Lipinski definition) is 1. The average Bonchev–Trinajstić information content (AvgIpc) is 2.25. The minimum absolute atomic E-state index is 0.268. The van der Waals surface area contributed by atoms with Gasteiger partial charge in [0.2, 0.25) is 0 Å². The molecule has 1 N–H and O–H groups in total. The maximum atomic E-state index is 9.54. The normalized spacial score (nSPS) is 12.5. The van der Waals surface area contributed by atoms with E-state index >= 15 is 0 Å². The van der Waals surface area contributed by atoms with Crippen molar-refractivity contribution in [3.63, 3.8) is 0 Å². The fourth-order valence-corrected chi connectivity index (χ4v) is 1.45. The van der Waals surface area contributed by atoms with E-state index in [4.69, 9.17) is 9.47 Å². The Bertz CT molecular complexity index is 323. The summed E-state index contributed by atoms with van der Waals surface area (Å²) in [6, 6.07) is 5.99. The molecule has 0 unspecified atom stereocenters. The van der Waals surface area contributed by atoms with Gasteiger partial charge in [0.1, 0.15) is 18.5 Å². The summed E-state index contributed by atoms with van der Waals surface area (Å²) in [6.07, 6.45) is -0.569. The number of hydrogen-bond acceptors (Lipinski definition) is 3. The van der Waals surface area contributed by atoms with Gasteiger partial charge in [-0.1, -0.05) is 17.7 Å². The topological polar surface area (TPSA) is 38.7 Å². The molecule has 3 nitrogen and oxygen atoms in total. The summed E-state index contributed by atoms with van der Waals surface area (Å²) < 4.78 is 10.6. The standard InChI is InChI=1S/C13H20O3/c1-4-15-8-12(14)9-16-13-6-5-10(2)7-11(13)3/h5-7,12,14H,4,8-9H2,1-3H3/t12-/m0/s1. The second-order valence-electron chi connectivity index (χ2n) is 3.89. The predicted molar refractivity (Wildman–Crippen MR) is 63.9 cm³/mol. The molecule has 0 aliphatic rings. The number of ether oxygens (including phenoxy) is 2. The van der Waals surface area contributed by atoms with Crippen LogP contribution in [0.2, 0.25) is 0 Å². The van der Waals surface area contributed by atoms with Gasteiger partial charge in [0.25, 0.3) is 0 Å². The Kier molecular flexibility index (Phi) is 5.29. The lowest BCUT2D eigenvalue weighted by atomic mass is 10.1. The van der Waals surface area contributed by atoms with Crippen LogP contribution in [0.3, 0.4) is 0 Å². The first kappa shape index (κ1) is 13.0. The van der Waals surface area contributed by atoms with Crippen LogP contribution in [0, 0.1) is 13.8 Å². The van der Waals surface area contributed by atoms with Crippen molar-refractivity contribution in [3.8, 4) is 5.75 Å². The predicted octanol–water partition coefficient (Wildman–Crippen LogP) is 2.08. The van der Waals surface area contributed by atoms with Crippen molar-refractivity contribution < 1.29 is 14.6 Å². The van der Waals surface area contributed by atoms with Crippen molar-refractivity contribution in [1.29, 1.82) is 0 Å². The summed E-state index contributed by atoms with van der Waals surface area (Å²) in [5.74, 6) is 0.821. The molecular weight excluding hydrogens is 204 g/mol. The SMILES string of the molecule is CCOC[C@H](O)COc1ccc(C)cc1C. The molecule has 1 aromatic rings. The first-order chi connectivity index (χ1) is 7.63. The molecule has 16 heavy (non-hydrogen) atoms. The van der Waals surface area contributed by atoms with Gasteiger partial charge in [-0.25, -0.2) is 0 Å². The van der Waals surface area contributed by atoms with Gasteiger partial charge in [-0.15, -0.1) is 0 Å². The molecule has 0 saturated heterocycles. The van der Waals surface area contributed by atoms with Gasteiger partial charge in [0.15, 0.2) is 0 Å². The molecule has 0 amide bonds. The summed E-state index contributed by atoms with van der Waals surface area (Å²) >= 11 is 0. The highest BCUT2D eigenvalue weighted by atomic mass is 16.5. The highest BCUT2D eigenvalue weighted by molar-refractivity contribution is 5.35. The summed E-state index contributed by atoms with van der Waals surface area (Å²) in [5, 5.41) is 9.54. The minimum Gasteiger partial charge on any atom is -0.491 e. The zero-order valence-electron chi connectivity index (χ0n) is 10.2. The van der Waals surface area contributed by atoms with E-state index in [-0.39, 0.29) is 6.61 Å². The molecule has 90 valence electrons. The van der Waals surface area contributed by atoms with Crippen LogP contribution in [0.4, 0.5) is 0 Å². The van der Waals surface area contributed by atoms with Crippen LogP contribution in [0.5, 0.6) is 5.75 Å². The second-order valence-corrected chi connectivity index (χ2v) is 3.89. The Hall–Kier alpha value is -1.06. The first-order valence-electron chi connectivity index (χ1n) is 5.59. The summed E-state index contributed by atoms with van der Waals surface area (Å²) in [4.78, 5) is 0. The number of benzene rings is 1. The van der Waals surface area contributed by atoms with Crippen LogP contribution in [-0.4, -0.2) is 31.0 Å². The van der Waals surface area contributed by atoms with Crippen molar-refractivity contribution in [3.05, 3.63) is 29.3 Å². The molecular formula is C13H20O3. The molecule has 0 aromatic heterocycles. The fourth-order valence-electron chi connectivity index (χ4n) is 1.45. The smallest absolute Gasteiger partial charge is 0.122 e. The third-order valence-electron chi connectivity index (χ3n) is 2.28. The van der Waals surface area contributed by atoms with Crippen LogP contribution in [-0.2, 0) is 4.74 Å². The van der Waals surface area contributed by atoms with Gasteiger partial charge >= 0.3 is 0 Å². The van der Waals surface area contributed by atoms with Crippen LogP contribution < -0.4 is 4.74 Å². The van der Waals surface area contributed by atoms with Gasteiger partial charge in [0.05, 0.1) is 6.61 Å². The largest absolute Gasteiger partial charge is 0.491 e. The summed E-state index contributed by atoms with van der Waals surface area (Å²) in [7, 11) is 0. The molecule has 0 saturated carbocycles. The van der Waals surface area contributed by atoms with Gasteiger partial charge in [-0.2, -0.15) is 0 Å². The second kappa shape index (κ2) is 6.51. The van der Waals surface area contributed by atoms with Gasteiger partial charge in [-0.3, -0.25) is 0 Å². The van der Waals surface area contributed by atoms with E-state index in [0.717, 1.165) is 11.3 Å². The quantitative estimate of drug-likeness (QED) is 0.804. The Morgan fingerprint density at radius 3 is 2.62 bits per heavy atom. The zero-order valence-corrected chi connectivity index (χ0v) is 10.2. The van der Waals surface area contributed by atoms with Gasteiger partial charge in [-0.05, 0) is 32.4 Å². The first-order valence-corrected chi connectivity index (χ1v) is 5.59. The van der Waals surface area contributed by atoms with E-state index < -0.39 is 6.10 Å². The monoisotopic (exact) mass is 224 g/mol. The van der Waals surface area contributed by atoms with E-state index in [9.17, 15) is 5.11 Å². The van der Waals surface area contributed by atoms with E-state index in [1.54, 1.807) is 0 Å². The molecule has 0 bridgehead atoms. The number of aryl methyl sites for hydroxylation is 2. The molecule has 0 radical (unpaired) electrons. The lowest BCUT2D eigenvalue weighted by molar-refractivity contribution is 0.0163. The van der Waals surface area contributed by atoms with Crippen molar-refractivity contribution >= 4 is 0 Å². The molecule has 0 fully saturated rings. The average molecular weight is 224 g/mol. The lowest BCUT2D eigenvalue weighted by Crippen LogP contribution is -2.23. The Balaban J connectivity index is 2.42. The lowest BCUT2D eigenvalue weighted by Gasteiger charge is -2.13. The molecule has 1 aromatic carbocycles. The van der Waals surface area contributed by atoms with Crippen molar-refractivity contribution in [2.75, 3.05) is 19.8 Å². The maximum Gasteiger partial charge on any atom is 0.122 e. The van der Waals surface area contributed by atoms with Crippen LogP contribution in [0.25, 0.3) is 0 Å². The maximum absolute atomic E-state index is 9.54. The van der Waals surface area contributed by atoms with E-state index in [1.165, 1.54) is 5.56 Å². The van der Waals surface area contributed by atoms with E-state index in [1.807, 2.05) is 32.9 Å². The third-order valence-corrected chi connectivity index (χ3v) is 2.28. The Labute approximate surface area is 97.0 Å². The highest BCUT2D eigenvalue weighted by Gasteiger charge is 2.06. The summed E-state index contributed by atoms with van der Waals surface area (Å²) in [6.45, 7) is 7.14. The van der Waals surface area contributed by atoms with E-state index in [0.29, 0.717) is 13.2 Å². The molecule has 0 spiro atoms. The van der Waals surface area contributed by atoms with Crippen molar-refractivity contribution in [2.24, 2.45) is 0 Å². The van der Waals surface area contributed by atoms with Gasteiger partial charge in [0, 0.05) is 6.61 Å². The Morgan fingerprint density at radius 2 is 2.00 bits per heavy atom. The zero-order chi connectivity index (χ0) is 12.0. The van der Waals surface area contributed by atoms with Crippen LogP contribution >= 0.6 is 0 Å². The molecule has 1 atom stereocenters. The van der Waals surface area contributed by atoms with Crippen LogP contribution in [0.1, 0.15) is 18.1 Å².